The van der Waals surface area contributed by atoms with Gasteiger partial charge in [-0.1, -0.05) is 17.7 Å². The van der Waals surface area contributed by atoms with Crippen LogP contribution in [0.25, 0.3) is 0 Å². The van der Waals surface area contributed by atoms with Crippen molar-refractivity contribution in [3.63, 3.8) is 0 Å². The fourth-order valence-corrected chi connectivity index (χ4v) is 5.81. The molecule has 37 heavy (non-hydrogen) atoms. The van der Waals surface area contributed by atoms with Gasteiger partial charge in [0.05, 0.1) is 23.0 Å². The molecule has 2 aromatic carbocycles. The van der Waals surface area contributed by atoms with E-state index in [1.807, 2.05) is 36.1 Å². The lowest BCUT2D eigenvalue weighted by molar-refractivity contribution is -0.137. The van der Waals surface area contributed by atoms with Gasteiger partial charge in [-0.3, -0.25) is 4.79 Å². The molecule has 10 heteroatoms. The lowest BCUT2D eigenvalue weighted by Crippen LogP contribution is -2.67. The molecule has 0 bridgehead atoms. The Bertz CT molecular complexity index is 1390. The highest BCUT2D eigenvalue weighted by molar-refractivity contribution is 6.20. The Balaban J connectivity index is 1.47. The molecule has 1 amide bonds. The van der Waals surface area contributed by atoms with Gasteiger partial charge < -0.3 is 9.80 Å². The summed E-state index contributed by atoms with van der Waals surface area (Å²) in [6, 6.07) is 12.7. The number of rotatable bonds is 2. The number of benzene rings is 2. The molecule has 1 saturated heterocycles. The first-order valence-corrected chi connectivity index (χ1v) is 12.1. The molecule has 0 saturated carbocycles. The van der Waals surface area contributed by atoms with Crippen molar-refractivity contribution in [3.05, 3.63) is 77.6 Å². The Kier molecular flexibility index (Phi) is 5.25. The van der Waals surface area contributed by atoms with Crippen LogP contribution in [0.4, 0.5) is 30.5 Å². The molecular weight excluding hydrogens is 481 g/mol. The first kappa shape index (κ1) is 23.4. The highest BCUT2D eigenvalue weighted by Gasteiger charge is 2.60. The number of fused-ring (bicyclic) bond motifs is 4. The fraction of sp³-hybridized carbons (Fsp3) is 0.333. The van der Waals surface area contributed by atoms with Gasteiger partial charge in [-0.2, -0.15) is 23.3 Å². The van der Waals surface area contributed by atoms with Crippen molar-refractivity contribution in [2.75, 3.05) is 34.4 Å². The Hall–Kier alpha value is -3.95. The molecule has 190 valence electrons. The third-order valence-electron chi connectivity index (χ3n) is 7.72. The van der Waals surface area contributed by atoms with E-state index in [9.17, 15) is 18.0 Å². The number of anilines is 3. The quantitative estimate of drug-likeness (QED) is 0.514. The third kappa shape index (κ3) is 3.65. The van der Waals surface area contributed by atoms with Crippen LogP contribution in [-0.2, 0) is 17.4 Å². The van der Waals surface area contributed by atoms with Crippen LogP contribution in [0.1, 0.15) is 23.6 Å². The number of piperazine rings is 1. The van der Waals surface area contributed by atoms with Gasteiger partial charge in [-0.15, -0.1) is 0 Å². The van der Waals surface area contributed by atoms with Gasteiger partial charge in [0.1, 0.15) is 5.41 Å². The maximum Gasteiger partial charge on any atom is 0.416 e. The van der Waals surface area contributed by atoms with Crippen LogP contribution in [0, 0.1) is 12.3 Å². The van der Waals surface area contributed by atoms with Crippen molar-refractivity contribution in [2.45, 2.75) is 32.5 Å². The van der Waals surface area contributed by atoms with E-state index in [0.29, 0.717) is 42.5 Å². The number of halogens is 3. The van der Waals surface area contributed by atoms with E-state index >= 15 is 0 Å². The predicted octanol–water partition coefficient (Wildman–Crippen LogP) is 4.46. The Labute approximate surface area is 212 Å². The fourth-order valence-electron chi connectivity index (χ4n) is 5.81. The summed E-state index contributed by atoms with van der Waals surface area (Å²) in [6.07, 6.45) is -0.996. The highest BCUT2D eigenvalue weighted by Crippen LogP contribution is 2.49. The Morgan fingerprint density at radius 2 is 1.73 bits per heavy atom. The number of carbonyl (C=O) groups excluding carboxylic acids is 1. The SMILES string of the molecule is CC1=NN(c2ccc(C)cc2)C(=O)C12Cc1cc(C(F)(F)F)ccc1N1CCN(c3ncccn3)CC12. The minimum absolute atomic E-state index is 0.132. The smallest absolute Gasteiger partial charge is 0.363 e. The molecule has 4 heterocycles. The van der Waals surface area contributed by atoms with Gasteiger partial charge in [-0.25, -0.2) is 9.97 Å². The van der Waals surface area contributed by atoms with E-state index in [1.165, 1.54) is 17.1 Å². The first-order chi connectivity index (χ1) is 17.7. The number of nitrogens with zero attached hydrogens (tertiary/aromatic N) is 6. The Morgan fingerprint density at radius 1 is 1.00 bits per heavy atom. The maximum absolute atomic E-state index is 14.3. The number of hydrazone groups is 1. The van der Waals surface area contributed by atoms with Crippen LogP contribution in [0.2, 0.25) is 0 Å². The topological polar surface area (TPSA) is 64.9 Å². The second kappa shape index (κ2) is 8.29. The zero-order chi connectivity index (χ0) is 25.9. The molecule has 2 atom stereocenters. The Morgan fingerprint density at radius 3 is 2.43 bits per heavy atom. The minimum Gasteiger partial charge on any atom is -0.363 e. The third-order valence-corrected chi connectivity index (χ3v) is 7.72. The van der Waals surface area contributed by atoms with Crippen LogP contribution >= 0.6 is 0 Å². The van der Waals surface area contributed by atoms with Crippen LogP contribution in [-0.4, -0.2) is 47.3 Å². The van der Waals surface area contributed by atoms with Crippen molar-refractivity contribution >= 4 is 28.9 Å². The number of hydrogen-bond donors (Lipinski definition) is 0. The molecule has 7 nitrogen and oxygen atoms in total. The minimum atomic E-state index is -4.47. The number of alkyl halides is 3. The van der Waals surface area contributed by atoms with Crippen molar-refractivity contribution in [2.24, 2.45) is 10.5 Å². The molecule has 0 aliphatic carbocycles. The molecule has 1 aromatic heterocycles. The summed E-state index contributed by atoms with van der Waals surface area (Å²) in [4.78, 5) is 27.2. The van der Waals surface area contributed by atoms with Gasteiger partial charge in [-0.05, 0) is 62.2 Å². The molecule has 6 rings (SSSR count). The van der Waals surface area contributed by atoms with Crippen LogP contribution < -0.4 is 14.8 Å². The number of aromatic nitrogens is 2. The largest absolute Gasteiger partial charge is 0.416 e. The first-order valence-electron chi connectivity index (χ1n) is 12.1. The second-order valence-electron chi connectivity index (χ2n) is 9.83. The van der Waals surface area contributed by atoms with Crippen molar-refractivity contribution < 1.29 is 18.0 Å². The number of carbonyl (C=O) groups is 1. The van der Waals surface area contributed by atoms with Gasteiger partial charge in [0, 0.05) is 37.7 Å². The van der Waals surface area contributed by atoms with Gasteiger partial charge in [0.15, 0.2) is 0 Å². The summed E-state index contributed by atoms with van der Waals surface area (Å²) in [5.74, 6) is 0.327. The van der Waals surface area contributed by atoms with Gasteiger partial charge in [0.25, 0.3) is 5.91 Å². The van der Waals surface area contributed by atoms with E-state index in [4.69, 9.17) is 0 Å². The van der Waals surface area contributed by atoms with E-state index in [2.05, 4.69) is 20.0 Å². The molecule has 2 unspecified atom stereocenters. The molecule has 3 aliphatic rings. The average Bonchev–Trinajstić information content (AvgIpc) is 3.14. The summed E-state index contributed by atoms with van der Waals surface area (Å²) < 4.78 is 40.9. The van der Waals surface area contributed by atoms with E-state index < -0.39 is 17.2 Å². The van der Waals surface area contributed by atoms with Gasteiger partial charge >= 0.3 is 6.18 Å². The lowest BCUT2D eigenvalue weighted by Gasteiger charge is -2.53. The molecule has 3 aromatic rings. The molecule has 1 fully saturated rings. The summed E-state index contributed by atoms with van der Waals surface area (Å²) in [7, 11) is 0. The number of hydrogen-bond acceptors (Lipinski definition) is 6. The summed E-state index contributed by atoms with van der Waals surface area (Å²) >= 11 is 0. The molecule has 3 aliphatic heterocycles. The maximum atomic E-state index is 14.3. The van der Waals surface area contributed by atoms with Crippen LogP contribution in [0.15, 0.2) is 66.0 Å². The summed E-state index contributed by atoms with van der Waals surface area (Å²) in [6.45, 7) is 5.28. The zero-order valence-electron chi connectivity index (χ0n) is 20.4. The van der Waals surface area contributed by atoms with Crippen molar-refractivity contribution in [3.8, 4) is 0 Å². The van der Waals surface area contributed by atoms with Crippen LogP contribution in [0.3, 0.4) is 0 Å². The van der Waals surface area contributed by atoms with E-state index in [1.54, 1.807) is 25.4 Å². The summed E-state index contributed by atoms with van der Waals surface area (Å²) in [5.41, 5.74) is 1.66. The standard InChI is InChI=1S/C27H25F3N6O/c1-17-4-7-21(8-5-17)36-24(37)26(18(2)33-36)15-19-14-20(27(28,29)30)6-9-22(19)35-13-12-34(16-23(26)35)25-31-10-3-11-32-25/h3-11,14,23H,12-13,15-16H2,1-2H3. The van der Waals surface area contributed by atoms with Crippen molar-refractivity contribution in [1.29, 1.82) is 0 Å². The lowest BCUT2D eigenvalue weighted by atomic mass is 9.67. The molecular formula is C27H25F3N6O. The van der Waals surface area contributed by atoms with Gasteiger partial charge in [0.2, 0.25) is 5.95 Å². The highest BCUT2D eigenvalue weighted by atomic mass is 19.4. The van der Waals surface area contributed by atoms with E-state index in [-0.39, 0.29) is 18.4 Å². The molecule has 0 radical (unpaired) electrons. The molecule has 0 N–H and O–H groups in total. The monoisotopic (exact) mass is 506 g/mol. The molecule has 1 spiro atoms. The predicted molar refractivity (Wildman–Crippen MR) is 135 cm³/mol. The van der Waals surface area contributed by atoms with E-state index in [0.717, 1.165) is 17.3 Å². The van der Waals surface area contributed by atoms with Crippen molar-refractivity contribution in [1.82, 2.24) is 9.97 Å². The number of amides is 1. The second-order valence-corrected chi connectivity index (χ2v) is 9.83. The average molecular weight is 507 g/mol. The number of aryl methyl sites for hydroxylation is 1. The normalized spacial score (nSPS) is 23.3. The summed E-state index contributed by atoms with van der Waals surface area (Å²) in [5, 5.41) is 6.09. The zero-order valence-corrected chi connectivity index (χ0v) is 20.4. The van der Waals surface area contributed by atoms with Crippen LogP contribution in [0.5, 0.6) is 0 Å².